The molecule has 2 rings (SSSR count). The molecule has 1 heterocycles. The maximum Gasteiger partial charge on any atom is 0.244 e. The van der Waals surface area contributed by atoms with E-state index in [9.17, 15) is 8.42 Å². The molecule has 1 aromatic carbocycles. The Bertz CT molecular complexity index is 711. The number of thioether (sulfide) groups is 1. The van der Waals surface area contributed by atoms with Crippen LogP contribution in [0, 0.1) is 6.92 Å². The van der Waals surface area contributed by atoms with Gasteiger partial charge in [0.25, 0.3) is 0 Å². The van der Waals surface area contributed by atoms with Gasteiger partial charge in [0.15, 0.2) is 0 Å². The van der Waals surface area contributed by atoms with Gasteiger partial charge in [-0.15, -0.1) is 11.8 Å². The summed E-state index contributed by atoms with van der Waals surface area (Å²) in [6.07, 6.45) is 1.41. The summed E-state index contributed by atoms with van der Waals surface area (Å²) < 4.78 is 25.1. The molecule has 0 aliphatic heterocycles. The standard InChI is InChI=1S/C15H18N2O2S2/c1-12-5-4-6-13(9-12)11-20-15-8-7-14(10-16-15)21(18,19)17(2)3/h4-10H,11H2,1-3H3. The van der Waals surface area contributed by atoms with E-state index in [-0.39, 0.29) is 4.90 Å². The summed E-state index contributed by atoms with van der Waals surface area (Å²) in [7, 11) is -0.385. The van der Waals surface area contributed by atoms with Gasteiger partial charge in [0.1, 0.15) is 4.90 Å². The lowest BCUT2D eigenvalue weighted by Gasteiger charge is -2.11. The monoisotopic (exact) mass is 322 g/mol. The van der Waals surface area contributed by atoms with Gasteiger partial charge in [-0.3, -0.25) is 0 Å². The molecule has 0 saturated carbocycles. The lowest BCUT2D eigenvalue weighted by atomic mass is 10.2. The van der Waals surface area contributed by atoms with Gasteiger partial charge in [0.2, 0.25) is 10.0 Å². The number of benzene rings is 1. The molecule has 1 aromatic heterocycles. The maximum atomic E-state index is 11.9. The van der Waals surface area contributed by atoms with E-state index in [1.165, 1.54) is 35.7 Å². The van der Waals surface area contributed by atoms with Crippen molar-refractivity contribution < 1.29 is 8.42 Å². The van der Waals surface area contributed by atoms with Crippen LogP contribution in [-0.2, 0) is 15.8 Å². The highest BCUT2D eigenvalue weighted by molar-refractivity contribution is 7.98. The number of rotatable bonds is 5. The third-order valence-electron chi connectivity index (χ3n) is 2.96. The first-order chi connectivity index (χ1) is 9.89. The van der Waals surface area contributed by atoms with Crippen molar-refractivity contribution in [3.8, 4) is 0 Å². The zero-order chi connectivity index (χ0) is 15.5. The highest BCUT2D eigenvalue weighted by Crippen LogP contribution is 2.22. The second-order valence-electron chi connectivity index (χ2n) is 4.90. The second kappa shape index (κ2) is 6.60. The van der Waals surface area contributed by atoms with Crippen LogP contribution >= 0.6 is 11.8 Å². The van der Waals surface area contributed by atoms with E-state index in [0.717, 1.165) is 10.8 Å². The van der Waals surface area contributed by atoms with Crippen LogP contribution in [0.15, 0.2) is 52.5 Å². The number of hydrogen-bond donors (Lipinski definition) is 0. The second-order valence-corrected chi connectivity index (χ2v) is 8.04. The van der Waals surface area contributed by atoms with E-state index >= 15 is 0 Å². The van der Waals surface area contributed by atoms with Crippen LogP contribution in [0.25, 0.3) is 0 Å². The van der Waals surface area contributed by atoms with E-state index in [1.807, 2.05) is 6.07 Å². The summed E-state index contributed by atoms with van der Waals surface area (Å²) in [4.78, 5) is 4.44. The molecule has 0 unspecified atom stereocenters. The van der Waals surface area contributed by atoms with Crippen molar-refractivity contribution in [3.63, 3.8) is 0 Å². The van der Waals surface area contributed by atoms with Crippen molar-refractivity contribution in [3.05, 3.63) is 53.7 Å². The molecule has 4 nitrogen and oxygen atoms in total. The van der Waals surface area contributed by atoms with E-state index in [1.54, 1.807) is 23.9 Å². The Kier molecular flexibility index (Phi) is 5.03. The Morgan fingerprint density at radius 3 is 2.52 bits per heavy atom. The van der Waals surface area contributed by atoms with Crippen LogP contribution in [0.1, 0.15) is 11.1 Å². The van der Waals surface area contributed by atoms with Crippen LogP contribution in [0.5, 0.6) is 0 Å². The van der Waals surface area contributed by atoms with E-state index in [0.29, 0.717) is 0 Å². The number of aryl methyl sites for hydroxylation is 1. The van der Waals surface area contributed by atoms with Gasteiger partial charge in [-0.05, 0) is 24.6 Å². The molecule has 0 aliphatic carbocycles. The highest BCUT2D eigenvalue weighted by Gasteiger charge is 2.17. The average molecular weight is 322 g/mol. The lowest BCUT2D eigenvalue weighted by molar-refractivity contribution is 0.520. The molecule has 0 fully saturated rings. The molecule has 112 valence electrons. The number of nitrogens with zero attached hydrogens (tertiary/aromatic N) is 2. The third kappa shape index (κ3) is 4.06. The SMILES string of the molecule is Cc1cccc(CSc2ccc(S(=O)(=O)N(C)C)cn2)c1. The molecule has 0 aliphatic rings. The Balaban J connectivity index is 2.07. The summed E-state index contributed by atoms with van der Waals surface area (Å²) in [5.74, 6) is 0.814. The fourth-order valence-corrected chi connectivity index (χ4v) is 3.41. The first-order valence-corrected chi connectivity index (χ1v) is 8.89. The van der Waals surface area contributed by atoms with Crippen molar-refractivity contribution in [1.29, 1.82) is 0 Å². The van der Waals surface area contributed by atoms with E-state index in [2.05, 4.69) is 30.1 Å². The highest BCUT2D eigenvalue weighted by atomic mass is 32.2. The minimum atomic E-state index is -3.40. The Morgan fingerprint density at radius 2 is 1.95 bits per heavy atom. The number of aromatic nitrogens is 1. The van der Waals surface area contributed by atoms with Crippen LogP contribution in [-0.4, -0.2) is 31.8 Å². The van der Waals surface area contributed by atoms with Gasteiger partial charge >= 0.3 is 0 Å². The van der Waals surface area contributed by atoms with Gasteiger partial charge in [0.05, 0.1) is 5.03 Å². The fraction of sp³-hybridized carbons (Fsp3) is 0.267. The lowest BCUT2D eigenvalue weighted by Crippen LogP contribution is -2.22. The molecular weight excluding hydrogens is 304 g/mol. The minimum absolute atomic E-state index is 0.215. The van der Waals surface area contributed by atoms with Crippen molar-refractivity contribution in [2.24, 2.45) is 0 Å². The summed E-state index contributed by atoms with van der Waals surface area (Å²) in [6, 6.07) is 11.7. The molecule has 0 radical (unpaired) electrons. The van der Waals surface area contributed by atoms with Gasteiger partial charge in [-0.1, -0.05) is 29.8 Å². The average Bonchev–Trinajstić information content (AvgIpc) is 2.45. The zero-order valence-electron chi connectivity index (χ0n) is 12.3. The van der Waals surface area contributed by atoms with Gasteiger partial charge in [-0.25, -0.2) is 17.7 Å². The van der Waals surface area contributed by atoms with Crippen LogP contribution in [0.4, 0.5) is 0 Å². The molecule has 0 amide bonds. The summed E-state index contributed by atoms with van der Waals surface area (Å²) in [6.45, 7) is 2.06. The van der Waals surface area contributed by atoms with Crippen LogP contribution < -0.4 is 0 Å². The van der Waals surface area contributed by atoms with Crippen molar-refractivity contribution in [2.45, 2.75) is 22.6 Å². The fourth-order valence-electron chi connectivity index (χ4n) is 1.77. The predicted molar refractivity (Wildman–Crippen MR) is 85.8 cm³/mol. The normalized spacial score (nSPS) is 11.8. The number of pyridine rings is 1. The van der Waals surface area contributed by atoms with Gasteiger partial charge in [-0.2, -0.15) is 0 Å². The zero-order valence-corrected chi connectivity index (χ0v) is 13.9. The largest absolute Gasteiger partial charge is 0.249 e. The molecule has 0 saturated heterocycles. The predicted octanol–water partition coefficient (Wildman–Crippen LogP) is 2.93. The van der Waals surface area contributed by atoms with Crippen LogP contribution in [0.2, 0.25) is 0 Å². The minimum Gasteiger partial charge on any atom is -0.249 e. The molecular formula is C15H18N2O2S2. The van der Waals surface area contributed by atoms with Gasteiger partial charge < -0.3 is 0 Å². The Labute approximate surface area is 130 Å². The van der Waals surface area contributed by atoms with Gasteiger partial charge in [0, 0.05) is 26.0 Å². The molecule has 21 heavy (non-hydrogen) atoms. The quantitative estimate of drug-likeness (QED) is 0.794. The van der Waals surface area contributed by atoms with Crippen molar-refractivity contribution >= 4 is 21.8 Å². The Morgan fingerprint density at radius 1 is 1.19 bits per heavy atom. The smallest absolute Gasteiger partial charge is 0.244 e. The topological polar surface area (TPSA) is 50.3 Å². The van der Waals surface area contributed by atoms with E-state index in [4.69, 9.17) is 0 Å². The molecule has 0 bridgehead atoms. The maximum absolute atomic E-state index is 11.9. The molecule has 0 N–H and O–H groups in total. The number of sulfonamides is 1. The van der Waals surface area contributed by atoms with Crippen molar-refractivity contribution in [1.82, 2.24) is 9.29 Å². The van der Waals surface area contributed by atoms with E-state index < -0.39 is 10.0 Å². The first kappa shape index (κ1) is 16.0. The third-order valence-corrected chi connectivity index (χ3v) is 5.77. The molecule has 6 heteroatoms. The summed E-state index contributed by atoms with van der Waals surface area (Å²) in [5.41, 5.74) is 2.46. The van der Waals surface area contributed by atoms with Crippen molar-refractivity contribution in [2.75, 3.05) is 14.1 Å². The first-order valence-electron chi connectivity index (χ1n) is 6.46. The number of hydrogen-bond acceptors (Lipinski definition) is 4. The summed E-state index contributed by atoms with van der Waals surface area (Å²) in [5, 5.41) is 0.814. The summed E-state index contributed by atoms with van der Waals surface area (Å²) >= 11 is 1.59. The van der Waals surface area contributed by atoms with Crippen LogP contribution in [0.3, 0.4) is 0 Å². The molecule has 0 spiro atoms. The molecule has 2 aromatic rings. The Hall–Kier alpha value is -1.37. The molecule has 0 atom stereocenters.